The van der Waals surface area contributed by atoms with Crippen molar-refractivity contribution in [1.29, 1.82) is 0 Å². The van der Waals surface area contributed by atoms with Gasteiger partial charge in [-0.3, -0.25) is 0 Å². The van der Waals surface area contributed by atoms with Gasteiger partial charge in [0.25, 0.3) is 0 Å². The third-order valence-electron chi connectivity index (χ3n) is 3.16. The summed E-state index contributed by atoms with van der Waals surface area (Å²) >= 11 is 0. The summed E-state index contributed by atoms with van der Waals surface area (Å²) in [6.07, 6.45) is -0.877. The molecule has 6 heteroatoms. The maximum Gasteiger partial charge on any atom is 0.154 e. The molecule has 1 aliphatic heterocycles. The zero-order valence-corrected chi connectivity index (χ0v) is 10.8. The van der Waals surface area contributed by atoms with Gasteiger partial charge in [-0.15, -0.1) is 0 Å². The first-order valence-electron chi connectivity index (χ1n) is 5.77. The molecule has 2 unspecified atom stereocenters. The van der Waals surface area contributed by atoms with E-state index >= 15 is 0 Å². The number of nitrogens with one attached hydrogen (secondary N) is 1. The Morgan fingerprint density at radius 2 is 1.94 bits per heavy atom. The van der Waals surface area contributed by atoms with Crippen molar-refractivity contribution >= 4 is 9.84 Å². The molecule has 1 aromatic carbocycles. The van der Waals surface area contributed by atoms with Crippen LogP contribution in [0.1, 0.15) is 18.5 Å². The highest BCUT2D eigenvalue weighted by Gasteiger charge is 2.36. The first kappa shape index (κ1) is 13.5. The molecule has 100 valence electrons. The number of sulfone groups is 1. The van der Waals surface area contributed by atoms with Crippen molar-refractivity contribution in [3.63, 3.8) is 0 Å². The molecule has 0 spiro atoms. The van der Waals surface area contributed by atoms with Gasteiger partial charge in [0.1, 0.15) is 5.82 Å². The van der Waals surface area contributed by atoms with Crippen LogP contribution in [-0.4, -0.2) is 37.2 Å². The molecule has 2 N–H and O–H groups in total. The summed E-state index contributed by atoms with van der Waals surface area (Å²) in [7, 11) is -3.15. The molecule has 0 amide bonds. The smallest absolute Gasteiger partial charge is 0.154 e. The van der Waals surface area contributed by atoms with Crippen molar-refractivity contribution < 1.29 is 17.9 Å². The second kappa shape index (κ2) is 4.95. The highest BCUT2D eigenvalue weighted by atomic mass is 32.2. The average Bonchev–Trinajstić information content (AvgIpc) is 2.52. The van der Waals surface area contributed by atoms with Crippen LogP contribution >= 0.6 is 0 Å². The molecule has 3 atom stereocenters. The molecule has 1 saturated heterocycles. The molecule has 1 aliphatic rings. The lowest BCUT2D eigenvalue weighted by Crippen LogP contribution is -2.40. The lowest BCUT2D eigenvalue weighted by atomic mass is 10.1. The topological polar surface area (TPSA) is 66.4 Å². The Hall–Kier alpha value is -0.980. The minimum Gasteiger partial charge on any atom is -0.390 e. The van der Waals surface area contributed by atoms with Crippen LogP contribution < -0.4 is 5.32 Å². The van der Waals surface area contributed by atoms with E-state index in [-0.39, 0.29) is 23.4 Å². The van der Waals surface area contributed by atoms with Crippen molar-refractivity contribution in [3.05, 3.63) is 35.6 Å². The fourth-order valence-electron chi connectivity index (χ4n) is 2.16. The maximum absolute atomic E-state index is 12.8. The quantitative estimate of drug-likeness (QED) is 0.848. The van der Waals surface area contributed by atoms with Gasteiger partial charge in [-0.2, -0.15) is 0 Å². The Labute approximate surface area is 106 Å². The van der Waals surface area contributed by atoms with Crippen molar-refractivity contribution in [3.8, 4) is 0 Å². The molecule has 0 aromatic heterocycles. The molecular formula is C12H16FNO3S. The van der Waals surface area contributed by atoms with Crippen LogP contribution in [-0.2, 0) is 9.84 Å². The van der Waals surface area contributed by atoms with E-state index in [1.807, 2.05) is 6.92 Å². The predicted octanol–water partition coefficient (Wildman–Crippen LogP) is 0.634. The van der Waals surface area contributed by atoms with Crippen LogP contribution in [0.3, 0.4) is 0 Å². The van der Waals surface area contributed by atoms with E-state index in [4.69, 9.17) is 0 Å². The predicted molar refractivity (Wildman–Crippen MR) is 66.4 cm³/mol. The molecule has 1 aromatic rings. The monoisotopic (exact) mass is 273 g/mol. The second-order valence-electron chi connectivity index (χ2n) is 4.69. The van der Waals surface area contributed by atoms with Gasteiger partial charge in [-0.05, 0) is 24.6 Å². The SMILES string of the molecule is C[C@@H](NC1CS(=O)(=O)CC1O)c1ccc(F)cc1. The summed E-state index contributed by atoms with van der Waals surface area (Å²) in [4.78, 5) is 0. The van der Waals surface area contributed by atoms with Crippen LogP contribution in [0.15, 0.2) is 24.3 Å². The number of halogens is 1. The molecule has 1 heterocycles. The largest absolute Gasteiger partial charge is 0.390 e. The van der Waals surface area contributed by atoms with E-state index in [0.717, 1.165) is 5.56 Å². The summed E-state index contributed by atoms with van der Waals surface area (Å²) in [5.41, 5.74) is 0.855. The number of rotatable bonds is 3. The number of aliphatic hydroxyl groups excluding tert-OH is 1. The summed E-state index contributed by atoms with van der Waals surface area (Å²) in [5, 5.41) is 12.7. The van der Waals surface area contributed by atoms with Gasteiger partial charge >= 0.3 is 0 Å². The maximum atomic E-state index is 12.8. The molecular weight excluding hydrogens is 257 g/mol. The Kier molecular flexibility index (Phi) is 3.70. The second-order valence-corrected chi connectivity index (χ2v) is 6.84. The third kappa shape index (κ3) is 3.07. The van der Waals surface area contributed by atoms with E-state index in [2.05, 4.69) is 5.32 Å². The minimum atomic E-state index is -3.15. The molecule has 0 saturated carbocycles. The van der Waals surface area contributed by atoms with Gasteiger partial charge in [0.2, 0.25) is 0 Å². The van der Waals surface area contributed by atoms with E-state index < -0.39 is 22.0 Å². The average molecular weight is 273 g/mol. The van der Waals surface area contributed by atoms with Gasteiger partial charge in [0.05, 0.1) is 17.6 Å². The van der Waals surface area contributed by atoms with Crippen molar-refractivity contribution in [2.45, 2.75) is 25.1 Å². The fraction of sp³-hybridized carbons (Fsp3) is 0.500. The van der Waals surface area contributed by atoms with Crippen LogP contribution in [0.5, 0.6) is 0 Å². The first-order valence-corrected chi connectivity index (χ1v) is 7.59. The van der Waals surface area contributed by atoms with E-state index in [0.29, 0.717) is 0 Å². The van der Waals surface area contributed by atoms with Crippen molar-refractivity contribution in [1.82, 2.24) is 5.32 Å². The molecule has 4 nitrogen and oxygen atoms in total. The van der Waals surface area contributed by atoms with Gasteiger partial charge in [0.15, 0.2) is 9.84 Å². The van der Waals surface area contributed by atoms with Gasteiger partial charge < -0.3 is 10.4 Å². The van der Waals surface area contributed by atoms with E-state index in [1.165, 1.54) is 12.1 Å². The molecule has 0 bridgehead atoms. The lowest BCUT2D eigenvalue weighted by molar-refractivity contribution is 0.160. The Bertz CT molecular complexity index is 515. The van der Waals surface area contributed by atoms with Crippen LogP contribution in [0.4, 0.5) is 4.39 Å². The molecule has 2 rings (SSSR count). The summed E-state index contributed by atoms with van der Waals surface area (Å²) in [6, 6.07) is 5.39. The molecule has 0 radical (unpaired) electrons. The highest BCUT2D eigenvalue weighted by Crippen LogP contribution is 2.18. The van der Waals surface area contributed by atoms with Crippen molar-refractivity contribution in [2.24, 2.45) is 0 Å². The molecule has 18 heavy (non-hydrogen) atoms. The first-order chi connectivity index (χ1) is 8.37. The molecule has 1 fully saturated rings. The van der Waals surface area contributed by atoms with Gasteiger partial charge in [0, 0.05) is 12.1 Å². The lowest BCUT2D eigenvalue weighted by Gasteiger charge is -2.21. The van der Waals surface area contributed by atoms with Crippen LogP contribution in [0, 0.1) is 5.82 Å². The van der Waals surface area contributed by atoms with Gasteiger partial charge in [-0.1, -0.05) is 12.1 Å². The van der Waals surface area contributed by atoms with Crippen molar-refractivity contribution in [2.75, 3.05) is 11.5 Å². The number of aliphatic hydroxyl groups is 1. The summed E-state index contributed by atoms with van der Waals surface area (Å²) in [6.45, 7) is 1.85. The number of benzene rings is 1. The highest BCUT2D eigenvalue weighted by molar-refractivity contribution is 7.91. The Morgan fingerprint density at radius 3 is 2.44 bits per heavy atom. The van der Waals surface area contributed by atoms with E-state index in [1.54, 1.807) is 12.1 Å². The minimum absolute atomic E-state index is 0.0559. The van der Waals surface area contributed by atoms with Gasteiger partial charge in [-0.25, -0.2) is 12.8 Å². The van der Waals surface area contributed by atoms with Crippen LogP contribution in [0.2, 0.25) is 0 Å². The Balaban J connectivity index is 2.04. The van der Waals surface area contributed by atoms with Crippen LogP contribution in [0.25, 0.3) is 0 Å². The van der Waals surface area contributed by atoms with E-state index in [9.17, 15) is 17.9 Å². The fourth-order valence-corrected chi connectivity index (χ4v) is 3.91. The number of hydrogen-bond acceptors (Lipinski definition) is 4. The number of hydrogen-bond donors (Lipinski definition) is 2. The zero-order chi connectivity index (χ0) is 13.3. The summed E-state index contributed by atoms with van der Waals surface area (Å²) < 4.78 is 35.5. The zero-order valence-electron chi connectivity index (χ0n) is 10.0. The summed E-state index contributed by atoms with van der Waals surface area (Å²) in [5.74, 6) is -0.560. The Morgan fingerprint density at radius 1 is 1.33 bits per heavy atom. The molecule has 0 aliphatic carbocycles. The third-order valence-corrected chi connectivity index (χ3v) is 4.87. The normalized spacial score (nSPS) is 28.2. The standard InChI is InChI=1S/C12H16FNO3S/c1-8(9-2-4-10(13)5-3-9)14-11-6-18(16,17)7-12(11)15/h2-5,8,11-12,14-15H,6-7H2,1H3/t8-,11?,12?/m1/s1.